The Morgan fingerprint density at radius 3 is 2.78 bits per heavy atom. The zero-order valence-electron chi connectivity index (χ0n) is 12.0. The van der Waals surface area contributed by atoms with Gasteiger partial charge in [-0.3, -0.25) is 0 Å². The molecule has 0 aromatic carbocycles. The van der Waals surface area contributed by atoms with Crippen molar-refractivity contribution in [2.75, 3.05) is 31.1 Å². The minimum atomic E-state index is -0.891. The van der Waals surface area contributed by atoms with Crippen LogP contribution in [-0.2, 0) is 0 Å². The first-order chi connectivity index (χ1) is 11.2. The molecule has 0 atom stereocenters. The van der Waals surface area contributed by atoms with Crippen LogP contribution in [0.4, 0.5) is 10.7 Å². The Hall–Kier alpha value is -2.75. The fourth-order valence-electron chi connectivity index (χ4n) is 2.64. The number of aromatic nitrogens is 5. The summed E-state index contributed by atoms with van der Waals surface area (Å²) < 4.78 is 1.62. The van der Waals surface area contributed by atoms with Gasteiger partial charge in [0, 0.05) is 37.3 Å². The molecule has 23 heavy (non-hydrogen) atoms. The van der Waals surface area contributed by atoms with Crippen molar-refractivity contribution in [2.24, 2.45) is 0 Å². The molecule has 4 rings (SSSR count). The molecule has 3 aromatic rings. The molecule has 9 nitrogen and oxygen atoms in total. The molecule has 1 saturated heterocycles. The molecular weight excluding hydrogens is 318 g/mol. The number of nitrogens with zero attached hydrogens (tertiary/aromatic N) is 7. The van der Waals surface area contributed by atoms with Gasteiger partial charge in [0.15, 0.2) is 5.65 Å². The second-order valence-corrected chi connectivity index (χ2v) is 6.07. The molecule has 0 saturated carbocycles. The van der Waals surface area contributed by atoms with Crippen LogP contribution in [-0.4, -0.2) is 67.3 Å². The average molecular weight is 331 g/mol. The number of piperazine rings is 1. The molecule has 1 aliphatic heterocycles. The van der Waals surface area contributed by atoms with Crippen LogP contribution < -0.4 is 4.90 Å². The van der Waals surface area contributed by atoms with Gasteiger partial charge < -0.3 is 14.9 Å². The van der Waals surface area contributed by atoms with Gasteiger partial charge in [0.2, 0.25) is 5.95 Å². The van der Waals surface area contributed by atoms with Gasteiger partial charge >= 0.3 is 6.09 Å². The highest BCUT2D eigenvalue weighted by molar-refractivity contribution is 7.13. The summed E-state index contributed by atoms with van der Waals surface area (Å²) in [6.45, 7) is 2.00. The molecule has 0 unspecified atom stereocenters. The van der Waals surface area contributed by atoms with E-state index in [2.05, 4.69) is 20.5 Å². The summed E-state index contributed by atoms with van der Waals surface area (Å²) in [6.07, 6.45) is 0.884. The monoisotopic (exact) mass is 331 g/mol. The number of anilines is 1. The summed E-state index contributed by atoms with van der Waals surface area (Å²) in [5.74, 6) is 0.635. The fraction of sp³-hybridized carbons (Fsp3) is 0.308. The lowest BCUT2D eigenvalue weighted by atomic mass is 10.2. The van der Waals surface area contributed by atoms with Crippen molar-refractivity contribution in [1.82, 2.24) is 29.9 Å². The summed E-state index contributed by atoms with van der Waals surface area (Å²) in [5.41, 5.74) is 1.54. The molecule has 10 heteroatoms. The predicted octanol–water partition coefficient (Wildman–Crippen LogP) is 1.05. The minimum Gasteiger partial charge on any atom is -0.465 e. The van der Waals surface area contributed by atoms with Crippen LogP contribution in [0.15, 0.2) is 23.7 Å². The topological polar surface area (TPSA) is 99.8 Å². The van der Waals surface area contributed by atoms with E-state index in [1.165, 1.54) is 4.90 Å². The lowest BCUT2D eigenvalue weighted by Gasteiger charge is -2.33. The van der Waals surface area contributed by atoms with Crippen molar-refractivity contribution in [3.63, 3.8) is 0 Å². The molecule has 0 spiro atoms. The lowest BCUT2D eigenvalue weighted by molar-refractivity contribution is 0.142. The third-order valence-electron chi connectivity index (χ3n) is 3.83. The maximum absolute atomic E-state index is 11.0. The predicted molar refractivity (Wildman–Crippen MR) is 83.7 cm³/mol. The van der Waals surface area contributed by atoms with Gasteiger partial charge in [-0.25, -0.2) is 9.78 Å². The van der Waals surface area contributed by atoms with Gasteiger partial charge in [0.25, 0.3) is 0 Å². The van der Waals surface area contributed by atoms with E-state index in [0.29, 0.717) is 37.8 Å². The fourth-order valence-corrected chi connectivity index (χ4v) is 3.38. The Balaban J connectivity index is 1.69. The maximum atomic E-state index is 11.0. The molecule has 1 amide bonds. The van der Waals surface area contributed by atoms with Crippen LogP contribution in [0.2, 0.25) is 0 Å². The zero-order chi connectivity index (χ0) is 15.8. The molecule has 0 bridgehead atoms. The average Bonchev–Trinajstić information content (AvgIpc) is 3.25. The molecule has 0 aliphatic carbocycles. The SMILES string of the molecule is O=C(O)N1CCN(c2ncc(-c3cccs3)c3nnnn23)CC1. The van der Waals surface area contributed by atoms with E-state index in [9.17, 15) is 4.79 Å². The molecule has 1 fully saturated rings. The third kappa shape index (κ3) is 2.36. The lowest BCUT2D eigenvalue weighted by Crippen LogP contribution is -2.49. The van der Waals surface area contributed by atoms with E-state index >= 15 is 0 Å². The second-order valence-electron chi connectivity index (χ2n) is 5.12. The normalized spacial score (nSPS) is 15.3. The highest BCUT2D eigenvalue weighted by atomic mass is 32.1. The van der Waals surface area contributed by atoms with Crippen molar-refractivity contribution < 1.29 is 9.90 Å². The van der Waals surface area contributed by atoms with Gasteiger partial charge in [-0.1, -0.05) is 6.07 Å². The number of carboxylic acid groups (broad SMARTS) is 1. The van der Waals surface area contributed by atoms with Crippen LogP contribution in [0.5, 0.6) is 0 Å². The number of carbonyl (C=O) groups is 1. The van der Waals surface area contributed by atoms with Crippen LogP contribution in [0.25, 0.3) is 16.1 Å². The number of hydrogen-bond donors (Lipinski definition) is 1. The Labute approximate surface area is 134 Å². The van der Waals surface area contributed by atoms with E-state index in [-0.39, 0.29) is 0 Å². The van der Waals surface area contributed by atoms with Crippen LogP contribution in [0, 0.1) is 0 Å². The smallest absolute Gasteiger partial charge is 0.407 e. The van der Waals surface area contributed by atoms with E-state index in [1.807, 2.05) is 22.4 Å². The van der Waals surface area contributed by atoms with E-state index in [4.69, 9.17) is 5.11 Å². The van der Waals surface area contributed by atoms with Gasteiger partial charge in [0.05, 0.1) is 5.56 Å². The van der Waals surface area contributed by atoms with Crippen molar-refractivity contribution >= 4 is 29.0 Å². The Morgan fingerprint density at radius 1 is 1.26 bits per heavy atom. The summed E-state index contributed by atoms with van der Waals surface area (Å²) in [5, 5.41) is 22.9. The quantitative estimate of drug-likeness (QED) is 0.749. The Kier molecular flexibility index (Phi) is 3.30. The first kappa shape index (κ1) is 13.9. The molecule has 1 aliphatic rings. The van der Waals surface area contributed by atoms with Crippen molar-refractivity contribution in [3.05, 3.63) is 23.7 Å². The molecule has 4 heterocycles. The van der Waals surface area contributed by atoms with Crippen molar-refractivity contribution in [1.29, 1.82) is 0 Å². The molecule has 3 aromatic heterocycles. The Morgan fingerprint density at radius 2 is 2.09 bits per heavy atom. The summed E-state index contributed by atoms with van der Waals surface area (Å²) in [7, 11) is 0. The maximum Gasteiger partial charge on any atom is 0.407 e. The number of rotatable bonds is 2. The van der Waals surface area contributed by atoms with Crippen LogP contribution in [0.1, 0.15) is 0 Å². The Bertz CT molecular complexity index is 839. The van der Waals surface area contributed by atoms with Crippen molar-refractivity contribution in [2.45, 2.75) is 0 Å². The largest absolute Gasteiger partial charge is 0.465 e. The third-order valence-corrected chi connectivity index (χ3v) is 4.73. The molecule has 118 valence electrons. The van der Waals surface area contributed by atoms with E-state index < -0.39 is 6.09 Å². The van der Waals surface area contributed by atoms with Crippen LogP contribution in [0.3, 0.4) is 0 Å². The standard InChI is InChI=1S/C13H13N7O2S/c21-13(22)19-5-3-18(4-6-19)12-14-8-9(10-2-1-7-23-10)11-15-16-17-20(11)12/h1-2,7-8H,3-6H2,(H,21,22). The zero-order valence-corrected chi connectivity index (χ0v) is 12.8. The summed E-state index contributed by atoms with van der Waals surface area (Å²) in [6, 6.07) is 3.97. The number of fused-ring (bicyclic) bond motifs is 1. The van der Waals surface area contributed by atoms with Gasteiger partial charge in [-0.15, -0.1) is 16.4 Å². The number of thiophene rings is 1. The first-order valence-corrected chi connectivity index (χ1v) is 7.96. The second kappa shape index (κ2) is 5.47. The number of tetrazole rings is 1. The number of hydrogen-bond acceptors (Lipinski definition) is 7. The summed E-state index contributed by atoms with van der Waals surface area (Å²) >= 11 is 1.60. The van der Waals surface area contributed by atoms with Crippen molar-refractivity contribution in [3.8, 4) is 10.4 Å². The minimum absolute atomic E-state index is 0.438. The van der Waals surface area contributed by atoms with Gasteiger partial charge in [-0.2, -0.15) is 4.52 Å². The van der Waals surface area contributed by atoms with E-state index in [0.717, 1.165) is 10.4 Å². The summed E-state index contributed by atoms with van der Waals surface area (Å²) in [4.78, 5) is 20.0. The molecule has 0 radical (unpaired) electrons. The van der Waals surface area contributed by atoms with Gasteiger partial charge in [-0.05, 0) is 21.9 Å². The highest BCUT2D eigenvalue weighted by Gasteiger charge is 2.24. The molecule has 1 N–H and O–H groups in total. The highest BCUT2D eigenvalue weighted by Crippen LogP contribution is 2.28. The number of amides is 1. The first-order valence-electron chi connectivity index (χ1n) is 7.08. The van der Waals surface area contributed by atoms with Crippen LogP contribution >= 0.6 is 11.3 Å². The van der Waals surface area contributed by atoms with E-state index in [1.54, 1.807) is 22.0 Å². The molecular formula is C13H13N7O2S. The van der Waals surface area contributed by atoms with Gasteiger partial charge in [0.1, 0.15) is 0 Å².